The quantitative estimate of drug-likeness (QED) is 0.369. The number of hydrogen-bond acceptors (Lipinski definition) is 8. The molecule has 0 unspecified atom stereocenters. The van der Waals surface area contributed by atoms with Crippen molar-refractivity contribution >= 4 is 45.2 Å². The summed E-state index contributed by atoms with van der Waals surface area (Å²) >= 11 is 0. The minimum atomic E-state index is -2.62. The molecule has 0 spiro atoms. The van der Waals surface area contributed by atoms with Crippen LogP contribution in [0.3, 0.4) is 0 Å². The molecule has 0 atom stereocenters. The van der Waals surface area contributed by atoms with Crippen LogP contribution in [0, 0.1) is 5.82 Å². The summed E-state index contributed by atoms with van der Waals surface area (Å²) in [5.41, 5.74) is 1.40. The van der Waals surface area contributed by atoms with Crippen molar-refractivity contribution in [3.63, 3.8) is 0 Å². The number of nitrogens with two attached hydrogens (primary N) is 1. The van der Waals surface area contributed by atoms with Gasteiger partial charge in [-0.2, -0.15) is 10.1 Å². The van der Waals surface area contributed by atoms with E-state index in [1.165, 1.54) is 6.07 Å². The number of nitrogens with one attached hydrogen (secondary N) is 2. The molecule has 0 aliphatic carbocycles. The summed E-state index contributed by atoms with van der Waals surface area (Å²) in [5, 5.41) is 14.8. The van der Waals surface area contributed by atoms with E-state index in [4.69, 9.17) is 8.42 Å². The van der Waals surface area contributed by atoms with Crippen LogP contribution >= 0.6 is 0 Å². The molecule has 0 saturated carbocycles. The van der Waals surface area contributed by atoms with Crippen LogP contribution in [0.25, 0.3) is 11.0 Å². The van der Waals surface area contributed by atoms with Gasteiger partial charge in [0.1, 0.15) is 11.6 Å². The third-order valence-electron chi connectivity index (χ3n) is 3.70. The third-order valence-corrected chi connectivity index (χ3v) is 3.70. The van der Waals surface area contributed by atoms with Crippen molar-refractivity contribution in [1.82, 2.24) is 25.1 Å². The van der Waals surface area contributed by atoms with Crippen molar-refractivity contribution in [3.8, 4) is 0 Å². The Morgan fingerprint density at radius 2 is 1.90 bits per heavy atom. The van der Waals surface area contributed by atoms with E-state index >= 15 is 0 Å². The fraction of sp³-hybridized carbons (Fsp3) is 0.0588. The molecule has 12 heteroatoms. The number of fused-ring (bicyclic) bond motifs is 1. The third kappa shape index (κ3) is 5.21. The second kappa shape index (κ2) is 9.03. The summed E-state index contributed by atoms with van der Waals surface area (Å²) in [5.74, 6) is 1.19. The Morgan fingerprint density at radius 1 is 1.17 bits per heavy atom. The number of hydrogen-bond donors (Lipinski definition) is 4. The molecule has 10 nitrogen and oxygen atoms in total. The van der Waals surface area contributed by atoms with Crippen molar-refractivity contribution in [2.24, 2.45) is 5.14 Å². The van der Waals surface area contributed by atoms with Crippen molar-refractivity contribution in [2.75, 3.05) is 17.3 Å². The lowest BCUT2D eigenvalue weighted by atomic mass is 10.3. The van der Waals surface area contributed by atoms with Crippen LogP contribution in [0.2, 0.25) is 0 Å². The molecular weight excluding hydrogens is 399 g/mol. The van der Waals surface area contributed by atoms with Crippen LogP contribution in [-0.4, -0.2) is 40.6 Å². The number of aromatic amines is 1. The Labute approximate surface area is 166 Å². The van der Waals surface area contributed by atoms with Gasteiger partial charge in [0.15, 0.2) is 22.4 Å². The van der Waals surface area contributed by atoms with Crippen molar-refractivity contribution in [1.29, 1.82) is 0 Å². The molecule has 3 aromatic heterocycles. The SMILES string of the molecule is CN(c1ccnc(Nc2ccccc2)n1)c1n[nH]c2ncc(F)cc12.N[SH](=O)=O. The summed E-state index contributed by atoms with van der Waals surface area (Å²) in [7, 11) is -0.820. The Morgan fingerprint density at radius 3 is 2.62 bits per heavy atom. The highest BCUT2D eigenvalue weighted by molar-refractivity contribution is 7.69. The van der Waals surface area contributed by atoms with Crippen LogP contribution in [0.15, 0.2) is 54.9 Å². The van der Waals surface area contributed by atoms with Crippen LogP contribution in [0.5, 0.6) is 0 Å². The molecule has 29 heavy (non-hydrogen) atoms. The van der Waals surface area contributed by atoms with E-state index in [-0.39, 0.29) is 0 Å². The standard InChI is InChI=1S/C17H14FN7.H3NO2S/c1-25(16-13-9-11(18)10-20-15(13)23-24-16)14-7-8-19-17(22-14)21-12-5-3-2-4-6-12;1-4(2)3/h2-10H,1H3,(H,19,21,22)(H,20,23,24);4H,(H2,1,2,3). The molecule has 0 fully saturated rings. The van der Waals surface area contributed by atoms with Gasteiger partial charge in [-0.3, -0.25) is 5.10 Å². The Bertz CT molecular complexity index is 1170. The van der Waals surface area contributed by atoms with Gasteiger partial charge in [0.25, 0.3) is 0 Å². The molecule has 4 aromatic rings. The fourth-order valence-electron chi connectivity index (χ4n) is 2.48. The van der Waals surface area contributed by atoms with Gasteiger partial charge in [0.2, 0.25) is 5.95 Å². The van der Waals surface area contributed by atoms with Crippen molar-refractivity contribution < 1.29 is 12.8 Å². The molecule has 0 bridgehead atoms. The monoisotopic (exact) mass is 416 g/mol. The van der Waals surface area contributed by atoms with E-state index in [1.807, 2.05) is 30.3 Å². The predicted molar refractivity (Wildman–Crippen MR) is 108 cm³/mol. The minimum absolute atomic E-state index is 0.419. The van der Waals surface area contributed by atoms with E-state index < -0.39 is 16.7 Å². The van der Waals surface area contributed by atoms with Crippen molar-refractivity contribution in [3.05, 3.63) is 60.7 Å². The van der Waals surface area contributed by atoms with E-state index in [1.54, 1.807) is 24.2 Å². The molecule has 4 rings (SSSR count). The smallest absolute Gasteiger partial charge is 0.229 e. The van der Waals surface area contributed by atoms with Crippen LogP contribution in [0.1, 0.15) is 0 Å². The number of nitrogens with zero attached hydrogens (tertiary/aromatic N) is 5. The maximum atomic E-state index is 13.5. The van der Waals surface area contributed by atoms with Gasteiger partial charge in [-0.25, -0.2) is 27.9 Å². The van der Waals surface area contributed by atoms with Crippen molar-refractivity contribution in [2.45, 2.75) is 0 Å². The van der Waals surface area contributed by atoms with E-state index in [2.05, 4.69) is 35.6 Å². The number of aromatic nitrogens is 5. The predicted octanol–water partition coefficient (Wildman–Crippen LogP) is 1.87. The Balaban J connectivity index is 0.000000552. The normalized spacial score (nSPS) is 10.5. The van der Waals surface area contributed by atoms with Crippen LogP contribution in [0.4, 0.5) is 27.7 Å². The second-order valence-corrected chi connectivity index (χ2v) is 6.24. The second-order valence-electron chi connectivity index (χ2n) is 5.67. The number of H-pyrrole nitrogens is 1. The molecule has 1 aromatic carbocycles. The first kappa shape index (κ1) is 20.1. The molecule has 0 aliphatic rings. The highest BCUT2D eigenvalue weighted by Gasteiger charge is 2.15. The summed E-state index contributed by atoms with van der Waals surface area (Å²) in [4.78, 5) is 14.4. The number of anilines is 4. The lowest BCUT2D eigenvalue weighted by molar-refractivity contribution is 0.616. The summed E-state index contributed by atoms with van der Waals surface area (Å²) < 4.78 is 31.1. The summed E-state index contributed by atoms with van der Waals surface area (Å²) in [6.07, 6.45) is 2.80. The molecule has 0 saturated heterocycles. The lowest BCUT2D eigenvalue weighted by Gasteiger charge is -2.16. The van der Waals surface area contributed by atoms with Gasteiger partial charge in [-0.15, -0.1) is 0 Å². The average molecular weight is 416 g/mol. The largest absolute Gasteiger partial charge is 0.324 e. The van der Waals surface area contributed by atoms with E-state index in [0.29, 0.717) is 28.6 Å². The highest BCUT2D eigenvalue weighted by atomic mass is 32.2. The summed E-state index contributed by atoms with van der Waals surface area (Å²) in [6, 6.07) is 12.8. The Kier molecular flexibility index (Phi) is 6.26. The molecule has 3 heterocycles. The molecular formula is C17H17FN8O2S. The maximum Gasteiger partial charge on any atom is 0.229 e. The van der Waals surface area contributed by atoms with Gasteiger partial charge >= 0.3 is 0 Å². The van der Waals surface area contributed by atoms with E-state index in [9.17, 15) is 4.39 Å². The molecule has 4 N–H and O–H groups in total. The zero-order valence-electron chi connectivity index (χ0n) is 15.2. The van der Waals surface area contributed by atoms with Gasteiger partial charge in [0.05, 0.1) is 11.6 Å². The molecule has 0 amide bonds. The summed E-state index contributed by atoms with van der Waals surface area (Å²) in [6.45, 7) is 0. The fourth-order valence-corrected chi connectivity index (χ4v) is 2.48. The number of pyridine rings is 1. The number of rotatable bonds is 4. The zero-order chi connectivity index (χ0) is 20.8. The van der Waals surface area contributed by atoms with Gasteiger partial charge < -0.3 is 10.2 Å². The van der Waals surface area contributed by atoms with Gasteiger partial charge in [-0.05, 0) is 24.3 Å². The first-order valence-corrected chi connectivity index (χ1v) is 9.46. The Hall–Kier alpha value is -3.64. The van der Waals surface area contributed by atoms with Gasteiger partial charge in [0, 0.05) is 18.9 Å². The zero-order valence-corrected chi connectivity index (χ0v) is 16.0. The maximum absolute atomic E-state index is 13.5. The van der Waals surface area contributed by atoms with Gasteiger partial charge in [-0.1, -0.05) is 18.2 Å². The molecule has 0 radical (unpaired) electrons. The lowest BCUT2D eigenvalue weighted by Crippen LogP contribution is -2.13. The number of para-hydroxylation sites is 1. The number of thiol groups is 1. The average Bonchev–Trinajstić information content (AvgIpc) is 3.11. The first-order chi connectivity index (χ1) is 13.9. The first-order valence-electron chi connectivity index (χ1n) is 8.21. The number of halogens is 1. The molecule has 0 aliphatic heterocycles. The van der Waals surface area contributed by atoms with E-state index in [0.717, 1.165) is 11.9 Å². The number of benzene rings is 1. The van der Waals surface area contributed by atoms with Crippen LogP contribution in [-0.2, 0) is 10.9 Å². The highest BCUT2D eigenvalue weighted by Crippen LogP contribution is 2.27. The minimum Gasteiger partial charge on any atom is -0.324 e. The van der Waals surface area contributed by atoms with Crippen LogP contribution < -0.4 is 15.4 Å². The topological polar surface area (TPSA) is 143 Å². The molecule has 150 valence electrons.